The highest BCUT2D eigenvalue weighted by atomic mass is 16.6. The number of nitro groups is 1. The Morgan fingerprint density at radius 2 is 1.76 bits per heavy atom. The molecule has 2 rings (SSSR count). The number of hydrogen-bond acceptors (Lipinski definition) is 6. The van der Waals surface area contributed by atoms with E-state index in [4.69, 9.17) is 9.47 Å². The molecule has 0 fully saturated rings. The second-order valence-corrected chi connectivity index (χ2v) is 5.38. The molecule has 0 aromatic heterocycles. The van der Waals surface area contributed by atoms with Crippen molar-refractivity contribution in [3.63, 3.8) is 0 Å². The normalized spacial score (nSPS) is 10.1. The van der Waals surface area contributed by atoms with E-state index in [2.05, 4.69) is 5.32 Å². The monoisotopic (exact) mass is 345 g/mol. The van der Waals surface area contributed by atoms with Crippen LogP contribution >= 0.6 is 0 Å². The third kappa shape index (κ3) is 3.97. The Morgan fingerprint density at radius 1 is 1.12 bits per heavy atom. The molecule has 0 heterocycles. The van der Waals surface area contributed by atoms with Crippen molar-refractivity contribution in [2.24, 2.45) is 0 Å². The van der Waals surface area contributed by atoms with Crippen LogP contribution in [0.15, 0.2) is 36.4 Å². The quantitative estimate of drug-likeness (QED) is 0.639. The molecule has 0 unspecified atom stereocenters. The maximum Gasteiger partial charge on any atom is 0.296 e. The molecule has 25 heavy (non-hydrogen) atoms. The van der Waals surface area contributed by atoms with Gasteiger partial charge < -0.3 is 19.7 Å². The first-order valence-corrected chi connectivity index (χ1v) is 7.36. The lowest BCUT2D eigenvalue weighted by molar-refractivity contribution is -0.384. The van der Waals surface area contributed by atoms with Gasteiger partial charge in [-0.3, -0.25) is 14.9 Å². The molecule has 2 aromatic rings. The standard InChI is InChI=1S/C17H19N3O5/c1-19(2)12-7-5-6-11(8-12)17(21)18-13-9-15(24-3)16(25-4)10-14(13)20(22)23/h5-10H,1-4H3,(H,18,21). The summed E-state index contributed by atoms with van der Waals surface area (Å²) in [5.41, 5.74) is 0.974. The van der Waals surface area contributed by atoms with Crippen LogP contribution in [0.3, 0.4) is 0 Å². The summed E-state index contributed by atoms with van der Waals surface area (Å²) in [7, 11) is 6.51. The molecule has 0 aliphatic rings. The number of benzene rings is 2. The van der Waals surface area contributed by atoms with Crippen molar-refractivity contribution in [1.82, 2.24) is 0 Å². The molecule has 0 radical (unpaired) electrons. The summed E-state index contributed by atoms with van der Waals surface area (Å²) in [6, 6.07) is 9.51. The third-order valence-corrected chi connectivity index (χ3v) is 3.57. The van der Waals surface area contributed by atoms with E-state index in [0.717, 1.165) is 5.69 Å². The Morgan fingerprint density at radius 3 is 2.32 bits per heavy atom. The molecule has 0 spiro atoms. The van der Waals surface area contributed by atoms with Crippen molar-refractivity contribution in [2.75, 3.05) is 38.5 Å². The second kappa shape index (κ2) is 7.52. The largest absolute Gasteiger partial charge is 0.493 e. The summed E-state index contributed by atoms with van der Waals surface area (Å²) in [4.78, 5) is 25.1. The molecule has 0 atom stereocenters. The van der Waals surface area contributed by atoms with Crippen LogP contribution in [0.5, 0.6) is 11.5 Å². The first kappa shape index (κ1) is 18.1. The maximum atomic E-state index is 12.5. The number of hydrogen-bond donors (Lipinski definition) is 1. The minimum Gasteiger partial charge on any atom is -0.493 e. The van der Waals surface area contributed by atoms with Crippen molar-refractivity contribution >= 4 is 23.0 Å². The van der Waals surface area contributed by atoms with Gasteiger partial charge in [0.25, 0.3) is 11.6 Å². The molecule has 0 aliphatic carbocycles. The molecule has 0 bridgehead atoms. The van der Waals surface area contributed by atoms with Gasteiger partial charge in [-0.1, -0.05) is 6.07 Å². The van der Waals surface area contributed by atoms with Gasteiger partial charge in [-0.05, 0) is 18.2 Å². The summed E-state index contributed by atoms with van der Waals surface area (Å²) in [5, 5.41) is 13.9. The predicted octanol–water partition coefficient (Wildman–Crippen LogP) is 2.93. The van der Waals surface area contributed by atoms with Gasteiger partial charge in [-0.2, -0.15) is 0 Å². The minimum absolute atomic E-state index is 0.0305. The first-order valence-electron chi connectivity index (χ1n) is 7.36. The fourth-order valence-electron chi connectivity index (χ4n) is 2.24. The number of carbonyl (C=O) groups is 1. The van der Waals surface area contributed by atoms with Crippen molar-refractivity contribution in [3.05, 3.63) is 52.1 Å². The lowest BCUT2D eigenvalue weighted by Crippen LogP contribution is -2.15. The third-order valence-electron chi connectivity index (χ3n) is 3.57. The van der Waals surface area contributed by atoms with Gasteiger partial charge in [-0.15, -0.1) is 0 Å². The highest BCUT2D eigenvalue weighted by molar-refractivity contribution is 6.06. The topological polar surface area (TPSA) is 93.9 Å². The van der Waals surface area contributed by atoms with E-state index in [1.165, 1.54) is 26.4 Å². The van der Waals surface area contributed by atoms with Gasteiger partial charge in [0, 0.05) is 31.4 Å². The number of amides is 1. The summed E-state index contributed by atoms with van der Waals surface area (Å²) in [6.45, 7) is 0. The predicted molar refractivity (Wildman–Crippen MR) is 94.9 cm³/mol. The van der Waals surface area contributed by atoms with E-state index in [1.807, 2.05) is 25.1 Å². The zero-order chi connectivity index (χ0) is 18.6. The average Bonchev–Trinajstić information content (AvgIpc) is 2.60. The molecule has 0 saturated heterocycles. The molecule has 2 aromatic carbocycles. The molecular weight excluding hydrogens is 326 g/mol. The van der Waals surface area contributed by atoms with E-state index in [1.54, 1.807) is 18.2 Å². The molecule has 8 nitrogen and oxygen atoms in total. The highest BCUT2D eigenvalue weighted by Gasteiger charge is 2.21. The van der Waals surface area contributed by atoms with Crippen LogP contribution in [0, 0.1) is 10.1 Å². The first-order chi connectivity index (χ1) is 11.9. The van der Waals surface area contributed by atoms with Crippen LogP contribution in [0.2, 0.25) is 0 Å². The molecule has 0 saturated carbocycles. The van der Waals surface area contributed by atoms with E-state index in [0.29, 0.717) is 5.56 Å². The van der Waals surface area contributed by atoms with Crippen molar-refractivity contribution in [1.29, 1.82) is 0 Å². The molecular formula is C17H19N3O5. The van der Waals surface area contributed by atoms with Crippen LogP contribution in [-0.4, -0.2) is 39.1 Å². The Kier molecular flexibility index (Phi) is 5.43. The lowest BCUT2D eigenvalue weighted by atomic mass is 10.1. The zero-order valence-electron chi connectivity index (χ0n) is 14.4. The molecule has 0 aliphatic heterocycles. The highest BCUT2D eigenvalue weighted by Crippen LogP contribution is 2.37. The van der Waals surface area contributed by atoms with E-state index >= 15 is 0 Å². The number of carbonyl (C=O) groups excluding carboxylic acids is 1. The molecule has 1 amide bonds. The van der Waals surface area contributed by atoms with E-state index < -0.39 is 10.8 Å². The van der Waals surface area contributed by atoms with E-state index in [-0.39, 0.29) is 22.9 Å². The number of ether oxygens (including phenoxy) is 2. The Labute approximate surface area is 145 Å². The lowest BCUT2D eigenvalue weighted by Gasteiger charge is -2.14. The van der Waals surface area contributed by atoms with Crippen LogP contribution in [-0.2, 0) is 0 Å². The number of nitrogens with one attached hydrogen (secondary N) is 1. The second-order valence-electron chi connectivity index (χ2n) is 5.38. The van der Waals surface area contributed by atoms with Gasteiger partial charge in [0.05, 0.1) is 25.2 Å². The minimum atomic E-state index is -0.589. The van der Waals surface area contributed by atoms with Gasteiger partial charge in [0.2, 0.25) is 0 Å². The SMILES string of the molecule is COc1cc(NC(=O)c2cccc(N(C)C)c2)c([N+](=O)[O-])cc1OC. The van der Waals surface area contributed by atoms with Gasteiger partial charge in [0.15, 0.2) is 11.5 Å². The van der Waals surface area contributed by atoms with Crippen LogP contribution < -0.4 is 19.7 Å². The number of nitro benzene ring substituents is 1. The molecule has 132 valence electrons. The smallest absolute Gasteiger partial charge is 0.296 e. The fourth-order valence-corrected chi connectivity index (χ4v) is 2.24. The maximum absolute atomic E-state index is 12.5. The number of methoxy groups -OCH3 is 2. The van der Waals surface area contributed by atoms with Crippen molar-refractivity contribution in [3.8, 4) is 11.5 Å². The summed E-state index contributed by atoms with van der Waals surface area (Å²) in [6.07, 6.45) is 0. The van der Waals surface area contributed by atoms with Crippen molar-refractivity contribution in [2.45, 2.75) is 0 Å². The fraction of sp³-hybridized carbons (Fsp3) is 0.235. The number of rotatable bonds is 6. The van der Waals surface area contributed by atoms with Gasteiger partial charge in [-0.25, -0.2) is 0 Å². The van der Waals surface area contributed by atoms with Gasteiger partial charge in [0.1, 0.15) is 5.69 Å². The summed E-state index contributed by atoms with van der Waals surface area (Å²) in [5.74, 6) is 0.0336. The van der Waals surface area contributed by atoms with Crippen LogP contribution in [0.25, 0.3) is 0 Å². The molecule has 1 N–H and O–H groups in total. The van der Waals surface area contributed by atoms with Gasteiger partial charge >= 0.3 is 0 Å². The Hall–Kier alpha value is -3.29. The molecule has 8 heteroatoms. The van der Waals surface area contributed by atoms with Crippen molar-refractivity contribution < 1.29 is 19.2 Å². The van der Waals surface area contributed by atoms with Crippen LogP contribution in [0.4, 0.5) is 17.1 Å². The van der Waals surface area contributed by atoms with Crippen LogP contribution in [0.1, 0.15) is 10.4 Å². The Balaban J connectivity index is 2.40. The number of anilines is 2. The van der Waals surface area contributed by atoms with E-state index in [9.17, 15) is 14.9 Å². The zero-order valence-corrected chi connectivity index (χ0v) is 14.4. The summed E-state index contributed by atoms with van der Waals surface area (Å²) >= 11 is 0. The summed E-state index contributed by atoms with van der Waals surface area (Å²) < 4.78 is 10.2. The average molecular weight is 345 g/mol. The number of nitrogens with zero attached hydrogens (tertiary/aromatic N) is 2. The Bertz CT molecular complexity index is 805.